The zero-order chi connectivity index (χ0) is 43.8. The Morgan fingerprint density at radius 3 is 0.783 bits per heavy atom. The molecule has 0 heterocycles. The molecule has 0 fully saturated rings. The monoisotopic (exact) mass is 859 g/mol. The molecule has 0 saturated carbocycles. The third-order valence-corrected chi connectivity index (χ3v) is 10.8. The molecule has 0 aliphatic rings. The molecule has 0 aromatic heterocycles. The molecule has 12 heteroatoms. The maximum absolute atomic E-state index is 12.0. The molecule has 0 aromatic carbocycles. The van der Waals surface area contributed by atoms with Gasteiger partial charge in [-0.05, 0) is 136 Å². The van der Waals surface area contributed by atoms with E-state index in [1.807, 2.05) is 0 Å². The van der Waals surface area contributed by atoms with Crippen molar-refractivity contribution in [2.45, 2.75) is 207 Å². The molecule has 0 aliphatic carbocycles. The van der Waals surface area contributed by atoms with E-state index in [1.165, 1.54) is 57.8 Å². The van der Waals surface area contributed by atoms with Crippen molar-refractivity contribution in [2.75, 3.05) is 85.5 Å². The van der Waals surface area contributed by atoms with Crippen molar-refractivity contribution in [3.05, 3.63) is 0 Å². The first-order valence-electron chi connectivity index (χ1n) is 24.9. The van der Waals surface area contributed by atoms with E-state index in [-0.39, 0.29) is 6.61 Å². The van der Waals surface area contributed by atoms with Crippen LogP contribution in [0.3, 0.4) is 0 Å². The van der Waals surface area contributed by atoms with Gasteiger partial charge in [0.25, 0.3) is 0 Å². The molecule has 0 radical (unpaired) electrons. The van der Waals surface area contributed by atoms with Crippen LogP contribution in [0.4, 0.5) is 14.4 Å². The Balaban J connectivity index is 4.74. The fourth-order valence-corrected chi connectivity index (χ4v) is 7.01. The van der Waals surface area contributed by atoms with Gasteiger partial charge in [0, 0.05) is 6.61 Å². The van der Waals surface area contributed by atoms with Crippen LogP contribution in [0.1, 0.15) is 207 Å². The molecule has 0 aliphatic heterocycles. The first-order chi connectivity index (χ1) is 29.5. The molecular weight excluding hydrogens is 765 g/mol. The standard InChI is InChI=1S/C48H94N2O10/c1-4-7-10-15-26-40-55-46(52)58-43-29-18-22-34-49(33-21-13-14-25-39-51)37-32-38-50(35-23-19-30-44-59-47(53)56-41-27-16-11-8-5-2)36-24-20-31-45-60-48(54)57-42-28-17-12-9-6-3/h51H,4-45H2,1-3H3. The van der Waals surface area contributed by atoms with Gasteiger partial charge < -0.3 is 43.3 Å². The predicted molar refractivity (Wildman–Crippen MR) is 243 cm³/mol. The summed E-state index contributed by atoms with van der Waals surface area (Å²) in [5.41, 5.74) is 0. The van der Waals surface area contributed by atoms with Crippen LogP contribution in [-0.2, 0) is 28.4 Å². The summed E-state index contributed by atoms with van der Waals surface area (Å²) in [6.07, 6.45) is 28.9. The van der Waals surface area contributed by atoms with Gasteiger partial charge in [0.2, 0.25) is 0 Å². The largest absolute Gasteiger partial charge is 0.508 e. The third-order valence-electron chi connectivity index (χ3n) is 10.8. The molecule has 0 unspecified atom stereocenters. The van der Waals surface area contributed by atoms with Crippen molar-refractivity contribution >= 4 is 18.5 Å². The summed E-state index contributed by atoms with van der Waals surface area (Å²) in [4.78, 5) is 41.0. The van der Waals surface area contributed by atoms with Gasteiger partial charge in [-0.1, -0.05) is 111 Å². The zero-order valence-corrected chi connectivity index (χ0v) is 39.2. The number of unbranched alkanes of at least 4 members (excludes halogenated alkanes) is 21. The van der Waals surface area contributed by atoms with Crippen LogP contribution in [-0.4, -0.2) is 119 Å². The van der Waals surface area contributed by atoms with E-state index in [4.69, 9.17) is 28.4 Å². The Hall–Kier alpha value is -2.31. The van der Waals surface area contributed by atoms with Crippen LogP contribution in [0, 0.1) is 0 Å². The lowest BCUT2D eigenvalue weighted by atomic mass is 10.1. The van der Waals surface area contributed by atoms with Crippen molar-refractivity contribution in [3.63, 3.8) is 0 Å². The summed E-state index contributed by atoms with van der Waals surface area (Å²) in [6.45, 7) is 15.4. The quantitative estimate of drug-likeness (QED) is 0.0355. The second-order valence-electron chi connectivity index (χ2n) is 16.4. The van der Waals surface area contributed by atoms with E-state index in [9.17, 15) is 19.5 Å². The maximum atomic E-state index is 12.0. The van der Waals surface area contributed by atoms with Crippen LogP contribution in [0.15, 0.2) is 0 Å². The Bertz CT molecular complexity index is 888. The van der Waals surface area contributed by atoms with Gasteiger partial charge in [0.05, 0.1) is 39.6 Å². The number of hydrogen-bond donors (Lipinski definition) is 1. The minimum absolute atomic E-state index is 0.256. The normalized spacial score (nSPS) is 11.3. The number of nitrogens with zero attached hydrogens (tertiary/aromatic N) is 2. The molecule has 0 atom stereocenters. The summed E-state index contributed by atoms with van der Waals surface area (Å²) in [5.74, 6) is 0. The van der Waals surface area contributed by atoms with E-state index in [0.29, 0.717) is 39.6 Å². The Labute approximate surface area is 367 Å². The smallest absolute Gasteiger partial charge is 0.434 e. The molecule has 12 nitrogen and oxygen atoms in total. The molecular formula is C48H94N2O10. The molecule has 0 amide bonds. The fourth-order valence-electron chi connectivity index (χ4n) is 7.01. The van der Waals surface area contributed by atoms with Gasteiger partial charge in [-0.15, -0.1) is 0 Å². The van der Waals surface area contributed by atoms with Crippen LogP contribution in [0.25, 0.3) is 0 Å². The number of aliphatic hydroxyl groups excluding tert-OH is 1. The maximum Gasteiger partial charge on any atom is 0.508 e. The Morgan fingerprint density at radius 1 is 0.300 bits per heavy atom. The van der Waals surface area contributed by atoms with Gasteiger partial charge in [0.1, 0.15) is 0 Å². The lowest BCUT2D eigenvalue weighted by Crippen LogP contribution is -2.32. The number of carbonyl (C=O) groups is 3. The zero-order valence-electron chi connectivity index (χ0n) is 39.2. The number of ether oxygens (including phenoxy) is 6. The minimum atomic E-state index is -0.554. The summed E-state index contributed by atoms with van der Waals surface area (Å²) in [7, 11) is 0. The lowest BCUT2D eigenvalue weighted by Gasteiger charge is -2.26. The Morgan fingerprint density at radius 2 is 0.517 bits per heavy atom. The van der Waals surface area contributed by atoms with Gasteiger partial charge in [-0.25, -0.2) is 14.4 Å². The van der Waals surface area contributed by atoms with Crippen molar-refractivity contribution in [2.24, 2.45) is 0 Å². The third kappa shape index (κ3) is 43.8. The highest BCUT2D eigenvalue weighted by molar-refractivity contribution is 5.60. The lowest BCUT2D eigenvalue weighted by molar-refractivity contribution is 0.0518. The van der Waals surface area contributed by atoms with Crippen molar-refractivity contribution < 1.29 is 47.9 Å². The molecule has 1 N–H and O–H groups in total. The average Bonchev–Trinajstić information content (AvgIpc) is 3.24. The van der Waals surface area contributed by atoms with E-state index in [0.717, 1.165) is 168 Å². The fraction of sp³-hybridized carbons (Fsp3) is 0.938. The van der Waals surface area contributed by atoms with Crippen LogP contribution in [0.5, 0.6) is 0 Å². The minimum Gasteiger partial charge on any atom is -0.434 e. The van der Waals surface area contributed by atoms with Gasteiger partial charge in [-0.2, -0.15) is 0 Å². The molecule has 0 saturated heterocycles. The van der Waals surface area contributed by atoms with Crippen molar-refractivity contribution in [1.29, 1.82) is 0 Å². The van der Waals surface area contributed by atoms with Gasteiger partial charge in [-0.3, -0.25) is 0 Å². The van der Waals surface area contributed by atoms with Crippen molar-refractivity contribution in [3.8, 4) is 0 Å². The summed E-state index contributed by atoms with van der Waals surface area (Å²) < 4.78 is 31.6. The Kier molecular flexibility index (Phi) is 45.9. The second kappa shape index (κ2) is 47.7. The average molecular weight is 859 g/mol. The van der Waals surface area contributed by atoms with Crippen LogP contribution >= 0.6 is 0 Å². The van der Waals surface area contributed by atoms with Gasteiger partial charge >= 0.3 is 18.5 Å². The topological polar surface area (TPSA) is 133 Å². The number of aliphatic hydroxyl groups is 1. The summed E-state index contributed by atoms with van der Waals surface area (Å²) in [5, 5.41) is 9.21. The first kappa shape index (κ1) is 57.7. The van der Waals surface area contributed by atoms with Crippen LogP contribution < -0.4 is 0 Å². The molecule has 0 spiro atoms. The highest BCUT2D eigenvalue weighted by Gasteiger charge is 2.11. The predicted octanol–water partition coefficient (Wildman–Crippen LogP) is 12.4. The van der Waals surface area contributed by atoms with E-state index in [1.54, 1.807) is 0 Å². The van der Waals surface area contributed by atoms with Crippen molar-refractivity contribution in [1.82, 2.24) is 9.80 Å². The molecule has 0 bridgehead atoms. The molecule has 0 rings (SSSR count). The SMILES string of the molecule is CCCCCCCOC(=O)OCCCCCN(CCCCCCO)CCCN(CCCCCOC(=O)OCCCCCCC)CCCCCOC(=O)OCCCCCCC. The van der Waals surface area contributed by atoms with E-state index >= 15 is 0 Å². The second-order valence-corrected chi connectivity index (χ2v) is 16.4. The molecule has 0 aromatic rings. The highest BCUT2D eigenvalue weighted by atomic mass is 16.7. The summed E-state index contributed by atoms with van der Waals surface area (Å²) >= 11 is 0. The van der Waals surface area contributed by atoms with Crippen LogP contribution in [0.2, 0.25) is 0 Å². The molecule has 60 heavy (non-hydrogen) atoms. The highest BCUT2D eigenvalue weighted by Crippen LogP contribution is 2.10. The summed E-state index contributed by atoms with van der Waals surface area (Å²) in [6, 6.07) is 0. The number of carbonyl (C=O) groups excluding carboxylic acids is 3. The molecule has 356 valence electrons. The number of hydrogen-bond acceptors (Lipinski definition) is 12. The van der Waals surface area contributed by atoms with E-state index in [2.05, 4.69) is 30.6 Å². The van der Waals surface area contributed by atoms with Gasteiger partial charge in [0.15, 0.2) is 0 Å². The first-order valence-corrected chi connectivity index (χ1v) is 24.9. The van der Waals surface area contributed by atoms with E-state index < -0.39 is 18.5 Å². The number of rotatable bonds is 46.